The van der Waals surface area contributed by atoms with Crippen molar-refractivity contribution < 1.29 is 14.7 Å². The molecule has 0 aromatic heterocycles. The Kier molecular flexibility index (Phi) is 4.27. The van der Waals surface area contributed by atoms with Crippen LogP contribution in [0.2, 0.25) is 0 Å². The summed E-state index contributed by atoms with van der Waals surface area (Å²) < 4.78 is 0. The number of benzene rings is 1. The van der Waals surface area contributed by atoms with Crippen LogP contribution in [0.1, 0.15) is 38.2 Å². The quantitative estimate of drug-likeness (QED) is 0.773. The first-order valence-corrected chi connectivity index (χ1v) is 6.87. The predicted molar refractivity (Wildman–Crippen MR) is 76.8 cm³/mol. The van der Waals surface area contributed by atoms with Crippen LogP contribution in [0.4, 0.5) is 10.5 Å². The fraction of sp³-hybridized carbons (Fsp3) is 0.467. The van der Waals surface area contributed by atoms with E-state index in [1.165, 1.54) is 5.56 Å². The monoisotopic (exact) mass is 276 g/mol. The molecule has 0 spiro atoms. The second-order valence-electron chi connectivity index (χ2n) is 5.53. The molecule has 2 amide bonds. The number of hydrogen-bond acceptors (Lipinski definition) is 2. The highest BCUT2D eigenvalue weighted by molar-refractivity contribution is 5.92. The maximum atomic E-state index is 11.8. The summed E-state index contributed by atoms with van der Waals surface area (Å²) in [4.78, 5) is 22.8. The Bertz CT molecular complexity index is 492. The van der Waals surface area contributed by atoms with Gasteiger partial charge in [-0.15, -0.1) is 0 Å². The van der Waals surface area contributed by atoms with Gasteiger partial charge in [0.2, 0.25) is 0 Å². The third-order valence-electron chi connectivity index (χ3n) is 3.48. The van der Waals surface area contributed by atoms with Gasteiger partial charge in [0.05, 0.1) is 0 Å². The number of amides is 2. The molecule has 1 aromatic carbocycles. The molecule has 1 aromatic rings. The first kappa shape index (κ1) is 14.4. The summed E-state index contributed by atoms with van der Waals surface area (Å²) in [5, 5.41) is 14.2. The first-order valence-electron chi connectivity index (χ1n) is 6.87. The average molecular weight is 276 g/mol. The van der Waals surface area contributed by atoms with Crippen LogP contribution in [0.15, 0.2) is 24.3 Å². The summed E-state index contributed by atoms with van der Waals surface area (Å²) >= 11 is 0. The first-order chi connectivity index (χ1) is 9.47. The minimum absolute atomic E-state index is 0.0709. The van der Waals surface area contributed by atoms with E-state index in [-0.39, 0.29) is 5.92 Å². The zero-order chi connectivity index (χ0) is 14.7. The van der Waals surface area contributed by atoms with Crippen molar-refractivity contribution in [2.24, 2.45) is 5.92 Å². The van der Waals surface area contributed by atoms with E-state index in [0.29, 0.717) is 11.6 Å². The molecular weight excluding hydrogens is 256 g/mol. The minimum Gasteiger partial charge on any atom is -0.480 e. The van der Waals surface area contributed by atoms with E-state index in [2.05, 4.69) is 24.5 Å². The van der Waals surface area contributed by atoms with Crippen molar-refractivity contribution in [2.45, 2.75) is 38.6 Å². The molecule has 1 atom stereocenters. The molecule has 20 heavy (non-hydrogen) atoms. The van der Waals surface area contributed by atoms with Crippen LogP contribution in [-0.4, -0.2) is 23.1 Å². The smallest absolute Gasteiger partial charge is 0.326 e. The van der Waals surface area contributed by atoms with E-state index in [4.69, 9.17) is 5.11 Å². The maximum absolute atomic E-state index is 11.8. The molecule has 0 aliphatic heterocycles. The summed E-state index contributed by atoms with van der Waals surface area (Å²) in [6, 6.07) is 6.29. The molecule has 0 heterocycles. The lowest BCUT2D eigenvalue weighted by Gasteiger charge is -2.14. The minimum atomic E-state index is -0.974. The zero-order valence-electron chi connectivity index (χ0n) is 11.7. The van der Waals surface area contributed by atoms with Crippen LogP contribution in [0.3, 0.4) is 0 Å². The molecule has 0 bridgehead atoms. The molecule has 0 saturated heterocycles. The fourth-order valence-electron chi connectivity index (χ4n) is 2.07. The highest BCUT2D eigenvalue weighted by Gasteiger charge is 2.37. The highest BCUT2D eigenvalue weighted by Crippen LogP contribution is 2.32. The Morgan fingerprint density at radius 3 is 2.25 bits per heavy atom. The second kappa shape index (κ2) is 5.94. The second-order valence-corrected chi connectivity index (χ2v) is 5.53. The number of rotatable bonds is 5. The molecule has 3 N–H and O–H groups in total. The van der Waals surface area contributed by atoms with Crippen molar-refractivity contribution in [2.75, 3.05) is 5.32 Å². The Hall–Kier alpha value is -2.04. The van der Waals surface area contributed by atoms with Gasteiger partial charge in [-0.3, -0.25) is 0 Å². The van der Waals surface area contributed by atoms with Crippen molar-refractivity contribution in [3.63, 3.8) is 0 Å². The van der Waals surface area contributed by atoms with E-state index in [9.17, 15) is 9.59 Å². The molecular formula is C15H20N2O3. The summed E-state index contributed by atoms with van der Waals surface area (Å²) in [6.45, 7) is 4.20. The standard InChI is InChI=1S/C15H20N2O3/c1-9(2)10-5-7-12(8-6-10)16-15(20)17-13(14(18)19)11-3-4-11/h5-9,11,13H,3-4H2,1-2H3,(H,18,19)(H2,16,17,20). The average Bonchev–Trinajstić information content (AvgIpc) is 3.20. The molecule has 5 nitrogen and oxygen atoms in total. The molecule has 0 radical (unpaired) electrons. The lowest BCUT2D eigenvalue weighted by molar-refractivity contribution is -0.139. The number of nitrogens with one attached hydrogen (secondary N) is 2. The molecule has 1 aliphatic rings. The summed E-state index contributed by atoms with van der Waals surface area (Å²) in [5.41, 5.74) is 1.85. The fourth-order valence-corrected chi connectivity index (χ4v) is 2.07. The lowest BCUT2D eigenvalue weighted by Crippen LogP contribution is -2.44. The molecule has 2 rings (SSSR count). The van der Waals surface area contributed by atoms with Gasteiger partial charge in [-0.25, -0.2) is 9.59 Å². The number of carbonyl (C=O) groups is 2. The molecule has 108 valence electrons. The van der Waals surface area contributed by atoms with Crippen LogP contribution in [0.25, 0.3) is 0 Å². The number of aliphatic carboxylic acids is 1. The number of hydrogen-bond donors (Lipinski definition) is 3. The van der Waals surface area contributed by atoms with Crippen LogP contribution < -0.4 is 10.6 Å². The third-order valence-corrected chi connectivity index (χ3v) is 3.48. The summed E-state index contributed by atoms with van der Waals surface area (Å²) in [5.74, 6) is -0.469. The Morgan fingerprint density at radius 2 is 1.80 bits per heavy atom. The van der Waals surface area contributed by atoms with Gasteiger partial charge in [0.15, 0.2) is 0 Å². The van der Waals surface area contributed by atoms with Crippen molar-refractivity contribution in [3.05, 3.63) is 29.8 Å². The SMILES string of the molecule is CC(C)c1ccc(NC(=O)NC(C(=O)O)C2CC2)cc1. The largest absolute Gasteiger partial charge is 0.480 e. The number of anilines is 1. The van der Waals surface area contributed by atoms with Crippen molar-refractivity contribution in [3.8, 4) is 0 Å². The van der Waals surface area contributed by atoms with Crippen LogP contribution in [-0.2, 0) is 4.79 Å². The molecule has 1 unspecified atom stereocenters. The van der Waals surface area contributed by atoms with E-state index in [1.807, 2.05) is 24.3 Å². The molecule has 1 fully saturated rings. The molecule has 1 saturated carbocycles. The van der Waals surface area contributed by atoms with Gasteiger partial charge in [0.25, 0.3) is 0 Å². The third kappa shape index (κ3) is 3.73. The normalized spacial score (nSPS) is 15.8. The van der Waals surface area contributed by atoms with Crippen molar-refractivity contribution in [1.82, 2.24) is 5.32 Å². The Balaban J connectivity index is 1.91. The Labute approximate surface area is 118 Å². The molecule has 1 aliphatic carbocycles. The highest BCUT2D eigenvalue weighted by atomic mass is 16.4. The summed E-state index contributed by atoms with van der Waals surface area (Å²) in [7, 11) is 0. The van der Waals surface area contributed by atoms with Crippen LogP contribution in [0.5, 0.6) is 0 Å². The van der Waals surface area contributed by atoms with Crippen molar-refractivity contribution in [1.29, 1.82) is 0 Å². The van der Waals surface area contributed by atoms with Crippen molar-refractivity contribution >= 4 is 17.7 Å². The van der Waals surface area contributed by atoms with Gasteiger partial charge in [-0.05, 0) is 42.4 Å². The van der Waals surface area contributed by atoms with E-state index < -0.39 is 18.0 Å². The number of carboxylic acid groups (broad SMARTS) is 1. The van der Waals surface area contributed by atoms with Gasteiger partial charge < -0.3 is 15.7 Å². The van der Waals surface area contributed by atoms with E-state index >= 15 is 0 Å². The topological polar surface area (TPSA) is 78.4 Å². The number of carboxylic acids is 1. The van der Waals surface area contributed by atoms with E-state index in [0.717, 1.165) is 12.8 Å². The van der Waals surface area contributed by atoms with Gasteiger partial charge in [-0.1, -0.05) is 26.0 Å². The van der Waals surface area contributed by atoms with Gasteiger partial charge in [0.1, 0.15) is 6.04 Å². The molecule has 5 heteroatoms. The number of urea groups is 1. The maximum Gasteiger partial charge on any atom is 0.326 e. The predicted octanol–water partition coefficient (Wildman–Crippen LogP) is 2.79. The zero-order valence-corrected chi connectivity index (χ0v) is 11.7. The van der Waals surface area contributed by atoms with Gasteiger partial charge >= 0.3 is 12.0 Å². The van der Waals surface area contributed by atoms with Crippen LogP contribution in [0, 0.1) is 5.92 Å². The number of carbonyl (C=O) groups excluding carboxylic acids is 1. The lowest BCUT2D eigenvalue weighted by atomic mass is 10.0. The Morgan fingerprint density at radius 1 is 1.20 bits per heavy atom. The van der Waals surface area contributed by atoms with Crippen LogP contribution >= 0.6 is 0 Å². The summed E-state index contributed by atoms with van der Waals surface area (Å²) in [6.07, 6.45) is 1.72. The van der Waals surface area contributed by atoms with Gasteiger partial charge in [-0.2, -0.15) is 0 Å². The van der Waals surface area contributed by atoms with E-state index in [1.54, 1.807) is 0 Å². The van der Waals surface area contributed by atoms with Gasteiger partial charge in [0, 0.05) is 5.69 Å².